The van der Waals surface area contributed by atoms with Crippen molar-refractivity contribution in [2.24, 2.45) is 10.9 Å². The topological polar surface area (TPSA) is 50.1 Å². The summed E-state index contributed by atoms with van der Waals surface area (Å²) >= 11 is 0. The SMILES string of the molecule is CCCc1[nH]n(-c2ccccc2)c(=O)c1C(C)=NCC(C)C. The lowest BCUT2D eigenvalue weighted by Crippen LogP contribution is -2.20. The van der Waals surface area contributed by atoms with Gasteiger partial charge in [-0.2, -0.15) is 0 Å². The summed E-state index contributed by atoms with van der Waals surface area (Å²) < 4.78 is 1.62. The Morgan fingerprint density at radius 2 is 1.95 bits per heavy atom. The Kier molecular flexibility index (Phi) is 5.36. The molecule has 4 heteroatoms. The van der Waals surface area contributed by atoms with E-state index in [1.54, 1.807) is 4.68 Å². The summed E-state index contributed by atoms with van der Waals surface area (Å²) in [5.41, 5.74) is 3.37. The molecule has 22 heavy (non-hydrogen) atoms. The summed E-state index contributed by atoms with van der Waals surface area (Å²) in [5, 5.41) is 3.26. The minimum absolute atomic E-state index is 0.0142. The number of aromatic nitrogens is 2. The molecular formula is C18H25N3O. The molecule has 0 atom stereocenters. The molecule has 0 aliphatic heterocycles. The lowest BCUT2D eigenvalue weighted by atomic mass is 10.1. The molecule has 0 aliphatic carbocycles. The van der Waals surface area contributed by atoms with E-state index in [1.165, 1.54) is 0 Å². The van der Waals surface area contributed by atoms with Gasteiger partial charge >= 0.3 is 0 Å². The molecule has 2 aromatic rings. The molecule has 1 N–H and O–H groups in total. The van der Waals surface area contributed by atoms with Crippen LogP contribution >= 0.6 is 0 Å². The predicted molar refractivity (Wildman–Crippen MR) is 92.3 cm³/mol. The Labute approximate surface area is 131 Å². The zero-order valence-corrected chi connectivity index (χ0v) is 13.9. The average Bonchev–Trinajstić information content (AvgIpc) is 2.83. The maximum absolute atomic E-state index is 12.8. The minimum atomic E-state index is -0.0142. The van der Waals surface area contributed by atoms with Gasteiger partial charge in [0, 0.05) is 18.0 Å². The van der Waals surface area contributed by atoms with E-state index in [0.29, 0.717) is 5.92 Å². The molecule has 1 aromatic heterocycles. The van der Waals surface area contributed by atoms with Gasteiger partial charge < -0.3 is 0 Å². The number of nitrogens with one attached hydrogen (secondary N) is 1. The fourth-order valence-corrected chi connectivity index (χ4v) is 2.44. The molecule has 0 radical (unpaired) electrons. The van der Waals surface area contributed by atoms with E-state index in [-0.39, 0.29) is 5.56 Å². The van der Waals surface area contributed by atoms with Crippen LogP contribution in [0.1, 0.15) is 45.4 Å². The molecule has 4 nitrogen and oxygen atoms in total. The highest BCUT2D eigenvalue weighted by molar-refractivity contribution is 5.99. The van der Waals surface area contributed by atoms with Crippen molar-refractivity contribution in [3.05, 3.63) is 51.9 Å². The monoisotopic (exact) mass is 299 g/mol. The van der Waals surface area contributed by atoms with Gasteiger partial charge in [0.05, 0.1) is 11.3 Å². The third-order valence-corrected chi connectivity index (χ3v) is 3.54. The zero-order valence-electron chi connectivity index (χ0n) is 13.9. The van der Waals surface area contributed by atoms with Crippen LogP contribution in [-0.2, 0) is 6.42 Å². The smallest absolute Gasteiger partial charge is 0.280 e. The summed E-state index contributed by atoms with van der Waals surface area (Å²) in [5.74, 6) is 0.486. The highest BCUT2D eigenvalue weighted by atomic mass is 16.1. The Balaban J connectivity index is 2.51. The number of hydrogen-bond donors (Lipinski definition) is 1. The number of nitrogens with zero attached hydrogens (tertiary/aromatic N) is 2. The highest BCUT2D eigenvalue weighted by Gasteiger charge is 2.17. The Morgan fingerprint density at radius 3 is 2.55 bits per heavy atom. The van der Waals surface area contributed by atoms with Crippen LogP contribution in [0.2, 0.25) is 0 Å². The fourth-order valence-electron chi connectivity index (χ4n) is 2.44. The van der Waals surface area contributed by atoms with Gasteiger partial charge in [0.2, 0.25) is 0 Å². The van der Waals surface area contributed by atoms with Gasteiger partial charge in [-0.1, -0.05) is 45.4 Å². The quantitative estimate of drug-likeness (QED) is 0.814. The molecule has 0 amide bonds. The van der Waals surface area contributed by atoms with Gasteiger partial charge in [-0.15, -0.1) is 0 Å². The normalized spacial score (nSPS) is 12.1. The van der Waals surface area contributed by atoms with Crippen LogP contribution < -0.4 is 5.56 Å². The largest absolute Gasteiger partial charge is 0.294 e. The lowest BCUT2D eigenvalue weighted by Gasteiger charge is -2.03. The van der Waals surface area contributed by atoms with E-state index in [4.69, 9.17) is 0 Å². The van der Waals surface area contributed by atoms with Crippen molar-refractivity contribution in [2.75, 3.05) is 6.54 Å². The van der Waals surface area contributed by atoms with Crippen molar-refractivity contribution >= 4 is 5.71 Å². The third kappa shape index (κ3) is 3.56. The number of hydrogen-bond acceptors (Lipinski definition) is 2. The minimum Gasteiger partial charge on any atom is -0.294 e. The second-order valence-corrected chi connectivity index (χ2v) is 6.01. The van der Waals surface area contributed by atoms with Gasteiger partial charge in [-0.05, 0) is 31.4 Å². The number of para-hydroxylation sites is 1. The van der Waals surface area contributed by atoms with Crippen molar-refractivity contribution in [1.82, 2.24) is 9.78 Å². The molecule has 2 rings (SSSR count). The van der Waals surface area contributed by atoms with E-state index in [2.05, 4.69) is 30.9 Å². The number of aromatic amines is 1. The molecule has 118 valence electrons. The van der Waals surface area contributed by atoms with Gasteiger partial charge in [-0.3, -0.25) is 14.9 Å². The molecule has 0 bridgehead atoms. The molecule has 1 heterocycles. The van der Waals surface area contributed by atoms with Crippen molar-refractivity contribution in [2.45, 2.75) is 40.5 Å². The maximum Gasteiger partial charge on any atom is 0.280 e. The number of aliphatic imine (C=N–C) groups is 1. The molecule has 0 unspecified atom stereocenters. The van der Waals surface area contributed by atoms with Crippen LogP contribution in [0.25, 0.3) is 5.69 Å². The van der Waals surface area contributed by atoms with Gasteiger partial charge in [0.25, 0.3) is 5.56 Å². The van der Waals surface area contributed by atoms with E-state index >= 15 is 0 Å². The number of rotatable bonds is 6. The Hall–Kier alpha value is -2.10. The van der Waals surface area contributed by atoms with Crippen LogP contribution in [0.3, 0.4) is 0 Å². The van der Waals surface area contributed by atoms with Gasteiger partial charge in [0.15, 0.2) is 0 Å². The van der Waals surface area contributed by atoms with E-state index < -0.39 is 0 Å². The first-order valence-electron chi connectivity index (χ1n) is 7.95. The highest BCUT2D eigenvalue weighted by Crippen LogP contribution is 2.11. The van der Waals surface area contributed by atoms with Crippen LogP contribution in [-0.4, -0.2) is 22.0 Å². The Bertz CT molecular complexity index is 693. The zero-order chi connectivity index (χ0) is 16.1. The standard InChI is InChI=1S/C18H25N3O/c1-5-9-16-17(14(4)19-12-13(2)3)18(22)21(20-16)15-10-7-6-8-11-15/h6-8,10-11,13,20H,5,9,12H2,1-4H3. The summed E-state index contributed by atoms with van der Waals surface area (Å²) in [7, 11) is 0. The van der Waals surface area contributed by atoms with Gasteiger partial charge in [0.1, 0.15) is 0 Å². The molecule has 0 spiro atoms. The summed E-state index contributed by atoms with van der Waals surface area (Å²) in [4.78, 5) is 17.4. The summed E-state index contributed by atoms with van der Waals surface area (Å²) in [6.45, 7) is 9.05. The fraction of sp³-hybridized carbons (Fsp3) is 0.444. The summed E-state index contributed by atoms with van der Waals surface area (Å²) in [6.07, 6.45) is 1.83. The van der Waals surface area contributed by atoms with Crippen LogP contribution in [0, 0.1) is 5.92 Å². The van der Waals surface area contributed by atoms with Crippen molar-refractivity contribution in [3.63, 3.8) is 0 Å². The molecule has 0 saturated heterocycles. The maximum atomic E-state index is 12.8. The predicted octanol–water partition coefficient (Wildman–Crippen LogP) is 3.58. The van der Waals surface area contributed by atoms with Crippen molar-refractivity contribution in [1.29, 1.82) is 0 Å². The first-order valence-corrected chi connectivity index (χ1v) is 7.95. The molecular weight excluding hydrogens is 274 g/mol. The van der Waals surface area contributed by atoms with Gasteiger partial charge in [-0.25, -0.2) is 4.68 Å². The van der Waals surface area contributed by atoms with Crippen LogP contribution in [0.5, 0.6) is 0 Å². The molecule has 0 aliphatic rings. The first-order chi connectivity index (χ1) is 10.5. The average molecular weight is 299 g/mol. The first kappa shape index (κ1) is 16.3. The molecule has 1 aromatic carbocycles. The van der Waals surface area contributed by atoms with E-state index in [9.17, 15) is 4.79 Å². The van der Waals surface area contributed by atoms with E-state index in [1.807, 2.05) is 37.3 Å². The number of aryl methyl sites for hydroxylation is 1. The number of H-pyrrole nitrogens is 1. The number of benzene rings is 1. The van der Waals surface area contributed by atoms with Crippen molar-refractivity contribution in [3.8, 4) is 5.69 Å². The Morgan fingerprint density at radius 1 is 1.27 bits per heavy atom. The second-order valence-electron chi connectivity index (χ2n) is 6.01. The van der Waals surface area contributed by atoms with Crippen LogP contribution in [0.15, 0.2) is 40.1 Å². The van der Waals surface area contributed by atoms with Crippen LogP contribution in [0.4, 0.5) is 0 Å². The molecule has 0 fully saturated rings. The summed E-state index contributed by atoms with van der Waals surface area (Å²) in [6, 6.07) is 9.67. The second kappa shape index (κ2) is 7.25. The lowest BCUT2D eigenvalue weighted by molar-refractivity contribution is 0.665. The van der Waals surface area contributed by atoms with E-state index in [0.717, 1.165) is 42.0 Å². The third-order valence-electron chi connectivity index (χ3n) is 3.54. The molecule has 0 saturated carbocycles. The van der Waals surface area contributed by atoms with Crippen molar-refractivity contribution < 1.29 is 0 Å².